The molecule has 9 heteroatoms. The van der Waals surface area contributed by atoms with Gasteiger partial charge in [0.2, 0.25) is 10.0 Å². The Labute approximate surface area is 149 Å². The number of hydrogen-bond donors (Lipinski definition) is 2. The molecule has 0 saturated carbocycles. The summed E-state index contributed by atoms with van der Waals surface area (Å²) in [6, 6.07) is 10.1. The van der Waals surface area contributed by atoms with E-state index >= 15 is 0 Å². The van der Waals surface area contributed by atoms with Gasteiger partial charge < -0.3 is 10.6 Å². The molecule has 2 heterocycles. The fraction of sp³-hybridized carbons (Fsp3) is 0.250. The van der Waals surface area contributed by atoms with Crippen LogP contribution in [0.15, 0.2) is 41.8 Å². The lowest BCUT2D eigenvalue weighted by Crippen LogP contribution is -2.34. The molecule has 0 spiro atoms. The van der Waals surface area contributed by atoms with E-state index in [0.29, 0.717) is 30.9 Å². The molecular weight excluding hydrogens is 362 g/mol. The summed E-state index contributed by atoms with van der Waals surface area (Å²) in [7, 11) is -3.24. The number of thiophene rings is 1. The van der Waals surface area contributed by atoms with Crippen molar-refractivity contribution in [3.8, 4) is 0 Å². The van der Waals surface area contributed by atoms with Crippen LogP contribution in [-0.2, 0) is 26.2 Å². The van der Waals surface area contributed by atoms with Gasteiger partial charge in [0.1, 0.15) is 0 Å². The lowest BCUT2D eigenvalue weighted by atomic mass is 10.2. The first-order valence-corrected chi connectivity index (χ1v) is 10.2. The van der Waals surface area contributed by atoms with E-state index in [1.165, 1.54) is 15.6 Å². The van der Waals surface area contributed by atoms with Crippen LogP contribution in [0.3, 0.4) is 0 Å². The highest BCUT2D eigenvalue weighted by Gasteiger charge is 2.28. The Morgan fingerprint density at radius 1 is 1.12 bits per heavy atom. The Kier molecular flexibility index (Phi) is 5.05. The third kappa shape index (κ3) is 4.18. The number of hydrogen-bond acceptors (Lipinski definition) is 5. The lowest BCUT2D eigenvalue weighted by molar-refractivity contribution is -0.136. The van der Waals surface area contributed by atoms with Crippen molar-refractivity contribution in [2.75, 3.05) is 21.9 Å². The molecule has 132 valence electrons. The van der Waals surface area contributed by atoms with E-state index in [1.807, 2.05) is 17.5 Å². The zero-order valence-corrected chi connectivity index (χ0v) is 14.9. The van der Waals surface area contributed by atoms with Gasteiger partial charge in [-0.05, 0) is 42.1 Å². The molecule has 1 aliphatic heterocycles. The fourth-order valence-corrected chi connectivity index (χ4v) is 4.70. The summed E-state index contributed by atoms with van der Waals surface area (Å²) in [6.45, 7) is 0.759. The van der Waals surface area contributed by atoms with Crippen molar-refractivity contribution >= 4 is 44.5 Å². The lowest BCUT2D eigenvalue weighted by Gasteiger charge is -2.17. The smallest absolute Gasteiger partial charge is 0.313 e. The molecule has 2 aromatic rings. The fourth-order valence-electron chi connectivity index (χ4n) is 2.49. The van der Waals surface area contributed by atoms with Gasteiger partial charge in [0.25, 0.3) is 0 Å². The number of nitrogens with zero attached hydrogens (tertiary/aromatic N) is 1. The Balaban J connectivity index is 1.57. The minimum Gasteiger partial charge on any atom is -0.343 e. The van der Waals surface area contributed by atoms with Crippen LogP contribution < -0.4 is 14.9 Å². The number of carbonyl (C=O) groups excluding carboxylic acids is 2. The average Bonchev–Trinajstić information content (AvgIpc) is 3.22. The molecule has 0 unspecified atom stereocenters. The predicted molar refractivity (Wildman–Crippen MR) is 97.0 cm³/mol. The van der Waals surface area contributed by atoms with Crippen molar-refractivity contribution in [3.63, 3.8) is 0 Å². The normalized spacial score (nSPS) is 15.8. The average molecular weight is 379 g/mol. The first kappa shape index (κ1) is 17.4. The zero-order chi connectivity index (χ0) is 17.9. The van der Waals surface area contributed by atoms with E-state index in [2.05, 4.69) is 10.6 Å². The minimum atomic E-state index is -3.24. The summed E-state index contributed by atoms with van der Waals surface area (Å²) in [6.07, 6.45) is 0.602. The van der Waals surface area contributed by atoms with Crippen LogP contribution in [0.5, 0.6) is 0 Å². The molecule has 1 aromatic heterocycles. The second-order valence-electron chi connectivity index (χ2n) is 5.50. The standard InChI is InChI=1S/C16H17N3O4S2/c20-15(17-11-14-3-1-9-24-14)16(21)18-12-4-6-13(7-5-12)19-8-2-10-25(19,22)23/h1,3-7,9H,2,8,10-11H2,(H,17,20)(H,18,21). The highest BCUT2D eigenvalue weighted by atomic mass is 32.2. The number of nitrogens with one attached hydrogen (secondary N) is 2. The van der Waals surface area contributed by atoms with E-state index in [1.54, 1.807) is 24.3 Å². The number of benzene rings is 1. The van der Waals surface area contributed by atoms with Crippen LogP contribution in [0, 0.1) is 0 Å². The molecular formula is C16H17N3O4S2. The SMILES string of the molecule is O=C(NCc1cccs1)C(=O)Nc1ccc(N2CCCS2(=O)=O)cc1. The van der Waals surface area contributed by atoms with Crippen molar-refractivity contribution in [2.24, 2.45) is 0 Å². The molecule has 1 aromatic carbocycles. The summed E-state index contributed by atoms with van der Waals surface area (Å²) in [5.41, 5.74) is 0.981. The predicted octanol–water partition coefficient (Wildman–Crippen LogP) is 1.54. The van der Waals surface area contributed by atoms with Gasteiger partial charge in [-0.1, -0.05) is 6.07 Å². The van der Waals surface area contributed by atoms with E-state index in [-0.39, 0.29) is 5.75 Å². The summed E-state index contributed by atoms with van der Waals surface area (Å²) >= 11 is 1.49. The quantitative estimate of drug-likeness (QED) is 0.788. The van der Waals surface area contributed by atoms with E-state index in [4.69, 9.17) is 0 Å². The Morgan fingerprint density at radius 2 is 1.88 bits per heavy atom. The molecule has 0 atom stereocenters. The van der Waals surface area contributed by atoms with Crippen molar-refractivity contribution < 1.29 is 18.0 Å². The maximum atomic E-state index is 11.9. The molecule has 2 N–H and O–H groups in total. The third-order valence-electron chi connectivity index (χ3n) is 3.72. The van der Waals surface area contributed by atoms with Crippen molar-refractivity contribution in [2.45, 2.75) is 13.0 Å². The molecule has 1 fully saturated rings. The van der Waals surface area contributed by atoms with Crippen molar-refractivity contribution in [1.29, 1.82) is 0 Å². The van der Waals surface area contributed by atoms with E-state index in [9.17, 15) is 18.0 Å². The molecule has 0 aliphatic carbocycles. The van der Waals surface area contributed by atoms with Gasteiger partial charge >= 0.3 is 11.8 Å². The third-order valence-corrected chi connectivity index (χ3v) is 6.47. The topological polar surface area (TPSA) is 95.6 Å². The molecule has 7 nitrogen and oxygen atoms in total. The van der Waals surface area contributed by atoms with E-state index < -0.39 is 21.8 Å². The number of rotatable bonds is 4. The van der Waals surface area contributed by atoms with Crippen LogP contribution in [-0.4, -0.2) is 32.5 Å². The van der Waals surface area contributed by atoms with Crippen molar-refractivity contribution in [1.82, 2.24) is 5.32 Å². The minimum absolute atomic E-state index is 0.149. The molecule has 1 aliphatic rings. The second-order valence-corrected chi connectivity index (χ2v) is 8.55. The molecule has 3 rings (SSSR count). The molecule has 25 heavy (non-hydrogen) atoms. The van der Waals surface area contributed by atoms with Gasteiger partial charge in [-0.2, -0.15) is 0 Å². The van der Waals surface area contributed by atoms with Crippen molar-refractivity contribution in [3.05, 3.63) is 46.7 Å². The summed E-state index contributed by atoms with van der Waals surface area (Å²) in [5, 5.41) is 6.93. The molecule has 0 bridgehead atoms. The zero-order valence-electron chi connectivity index (χ0n) is 13.3. The summed E-state index contributed by atoms with van der Waals surface area (Å²) in [5.74, 6) is -1.34. The van der Waals surface area contributed by atoms with Gasteiger partial charge in [-0.15, -0.1) is 11.3 Å². The maximum Gasteiger partial charge on any atom is 0.313 e. The number of sulfonamides is 1. The molecule has 2 amide bonds. The van der Waals surface area contributed by atoms with Gasteiger partial charge in [-0.3, -0.25) is 13.9 Å². The van der Waals surface area contributed by atoms with Crippen LogP contribution in [0.2, 0.25) is 0 Å². The highest BCUT2D eigenvalue weighted by Crippen LogP contribution is 2.25. The van der Waals surface area contributed by atoms with Gasteiger partial charge in [-0.25, -0.2) is 8.42 Å². The van der Waals surface area contributed by atoms with Crippen LogP contribution in [0.1, 0.15) is 11.3 Å². The largest absolute Gasteiger partial charge is 0.343 e. The van der Waals surface area contributed by atoms with Crippen LogP contribution in [0.4, 0.5) is 11.4 Å². The highest BCUT2D eigenvalue weighted by molar-refractivity contribution is 7.93. The maximum absolute atomic E-state index is 11.9. The second kappa shape index (κ2) is 7.24. The van der Waals surface area contributed by atoms with Gasteiger partial charge in [0, 0.05) is 17.1 Å². The van der Waals surface area contributed by atoms with Gasteiger partial charge in [0.15, 0.2) is 0 Å². The first-order valence-electron chi connectivity index (χ1n) is 7.68. The van der Waals surface area contributed by atoms with Crippen LogP contribution >= 0.6 is 11.3 Å². The Hall–Kier alpha value is -2.39. The number of amides is 2. The summed E-state index contributed by atoms with van der Waals surface area (Å²) < 4.78 is 25.1. The Morgan fingerprint density at radius 3 is 2.48 bits per heavy atom. The number of anilines is 2. The molecule has 1 saturated heterocycles. The number of carbonyl (C=O) groups is 2. The van der Waals surface area contributed by atoms with E-state index in [0.717, 1.165) is 4.88 Å². The monoisotopic (exact) mass is 379 g/mol. The summed E-state index contributed by atoms with van der Waals surface area (Å²) in [4.78, 5) is 24.6. The van der Waals surface area contributed by atoms with Gasteiger partial charge in [0.05, 0.1) is 18.0 Å². The Bertz CT molecular complexity index is 861. The first-order chi connectivity index (χ1) is 12.0. The molecule has 0 radical (unpaired) electrons. The van der Waals surface area contributed by atoms with Crippen LogP contribution in [0.25, 0.3) is 0 Å².